The normalized spacial score (nSPS) is 10.8. The molecule has 146 valence electrons. The molecule has 30 heavy (non-hydrogen) atoms. The van der Waals surface area contributed by atoms with Crippen LogP contribution in [0.4, 0.5) is 5.82 Å². The summed E-state index contributed by atoms with van der Waals surface area (Å²) in [7, 11) is 3.84. The average Bonchev–Trinajstić information content (AvgIpc) is 3.13. The molecule has 3 aromatic carbocycles. The van der Waals surface area contributed by atoms with Crippen LogP contribution >= 0.6 is 0 Å². The van der Waals surface area contributed by atoms with Gasteiger partial charge in [-0.15, -0.1) is 0 Å². The van der Waals surface area contributed by atoms with E-state index in [1.165, 1.54) is 0 Å². The summed E-state index contributed by atoms with van der Waals surface area (Å²) in [6, 6.07) is 32.7. The summed E-state index contributed by atoms with van der Waals surface area (Å²) >= 11 is 0. The summed E-state index contributed by atoms with van der Waals surface area (Å²) in [4.78, 5) is 6.60. The molecule has 4 aromatic rings. The van der Waals surface area contributed by atoms with Crippen molar-refractivity contribution in [1.82, 2.24) is 9.47 Å². The van der Waals surface area contributed by atoms with Crippen molar-refractivity contribution in [2.75, 3.05) is 14.1 Å². The molecule has 0 spiro atoms. The minimum atomic E-state index is 0.557. The fourth-order valence-electron chi connectivity index (χ4n) is 3.54. The number of hydrogen-bond donors (Lipinski definition) is 0. The lowest BCUT2D eigenvalue weighted by Crippen LogP contribution is -2.07. The number of nitriles is 1. The molecular weight excluding hydrogens is 368 g/mol. The van der Waals surface area contributed by atoms with E-state index in [-0.39, 0.29) is 0 Å². The largest absolute Gasteiger partial charge is 0.369 e. The zero-order chi connectivity index (χ0) is 20.9. The van der Waals surface area contributed by atoms with Crippen LogP contribution in [0.1, 0.15) is 5.56 Å². The van der Waals surface area contributed by atoms with Crippen LogP contribution in [0.15, 0.2) is 96.0 Å². The van der Waals surface area contributed by atoms with Gasteiger partial charge in [-0.2, -0.15) is 5.26 Å². The minimum absolute atomic E-state index is 0.557. The van der Waals surface area contributed by atoms with E-state index in [1.54, 1.807) is 6.34 Å². The van der Waals surface area contributed by atoms with E-state index in [9.17, 15) is 5.26 Å². The van der Waals surface area contributed by atoms with Crippen LogP contribution in [0.25, 0.3) is 28.1 Å². The molecule has 0 aliphatic carbocycles. The van der Waals surface area contributed by atoms with Gasteiger partial charge in [0.15, 0.2) is 5.82 Å². The Kier molecular flexibility index (Phi) is 5.45. The fraction of sp³-hybridized carbons (Fsp3) is 0.0769. The molecule has 0 unspecified atom stereocenters. The van der Waals surface area contributed by atoms with Crippen LogP contribution in [-0.4, -0.2) is 29.9 Å². The van der Waals surface area contributed by atoms with Gasteiger partial charge in [0.2, 0.25) is 0 Å². The van der Waals surface area contributed by atoms with Gasteiger partial charge in [-0.3, -0.25) is 4.57 Å². The number of rotatable bonds is 5. The maximum absolute atomic E-state index is 10.2. The maximum atomic E-state index is 10.2. The molecule has 0 bridgehead atoms. The zero-order valence-electron chi connectivity index (χ0n) is 17.0. The van der Waals surface area contributed by atoms with E-state index >= 15 is 0 Å². The first kappa shape index (κ1) is 19.2. The van der Waals surface area contributed by atoms with E-state index in [0.717, 1.165) is 28.1 Å². The van der Waals surface area contributed by atoms with Crippen molar-refractivity contribution in [3.63, 3.8) is 0 Å². The molecule has 4 heteroatoms. The van der Waals surface area contributed by atoms with E-state index in [1.807, 2.05) is 97.9 Å². The third-order valence-corrected chi connectivity index (χ3v) is 4.79. The Morgan fingerprint density at radius 2 is 1.33 bits per heavy atom. The molecule has 0 fully saturated rings. The Morgan fingerprint density at radius 3 is 1.87 bits per heavy atom. The van der Waals surface area contributed by atoms with E-state index in [4.69, 9.17) is 4.99 Å². The highest BCUT2D eigenvalue weighted by Gasteiger charge is 2.25. The Morgan fingerprint density at radius 1 is 0.800 bits per heavy atom. The van der Waals surface area contributed by atoms with Gasteiger partial charge in [-0.05, 0) is 23.3 Å². The number of nitrogens with zero attached hydrogens (tertiary/aromatic N) is 4. The van der Waals surface area contributed by atoms with Gasteiger partial charge < -0.3 is 4.90 Å². The molecule has 1 aromatic heterocycles. The molecule has 1 heterocycles. The van der Waals surface area contributed by atoms with Gasteiger partial charge in [0.1, 0.15) is 11.6 Å². The van der Waals surface area contributed by atoms with Gasteiger partial charge in [0.25, 0.3) is 0 Å². The number of aromatic nitrogens is 1. The highest BCUT2D eigenvalue weighted by Crippen LogP contribution is 2.44. The predicted octanol–water partition coefficient (Wildman–Crippen LogP) is 5.90. The lowest BCUT2D eigenvalue weighted by molar-refractivity contribution is 0.642. The summed E-state index contributed by atoms with van der Waals surface area (Å²) in [5.74, 6) is 0.620. The quantitative estimate of drug-likeness (QED) is 0.314. The second-order valence-electron chi connectivity index (χ2n) is 7.15. The molecule has 0 saturated carbocycles. The first-order valence-electron chi connectivity index (χ1n) is 9.76. The standard InChI is InChI=1S/C26H22N4/c1-29(2)19-28-26-23(18-27)24(20-12-6-3-7-13-20)25(21-14-8-4-9-15-21)30(26)22-16-10-5-11-17-22/h3-17,19H,1-2H3. The van der Waals surface area contributed by atoms with Crippen LogP contribution in [0.3, 0.4) is 0 Å². The number of benzene rings is 3. The molecule has 0 aliphatic rings. The van der Waals surface area contributed by atoms with Crippen LogP contribution in [0, 0.1) is 11.3 Å². The van der Waals surface area contributed by atoms with Gasteiger partial charge in [-0.25, -0.2) is 4.99 Å². The third-order valence-electron chi connectivity index (χ3n) is 4.79. The molecule has 4 nitrogen and oxygen atoms in total. The molecule has 0 saturated heterocycles. The van der Waals surface area contributed by atoms with Gasteiger partial charge >= 0.3 is 0 Å². The summed E-state index contributed by atoms with van der Waals surface area (Å²) < 4.78 is 2.08. The van der Waals surface area contributed by atoms with Gasteiger partial charge in [-0.1, -0.05) is 78.9 Å². The number of para-hydroxylation sites is 1. The van der Waals surface area contributed by atoms with Crippen molar-refractivity contribution in [2.24, 2.45) is 4.99 Å². The fourth-order valence-corrected chi connectivity index (χ4v) is 3.54. The molecule has 0 N–H and O–H groups in total. The van der Waals surface area contributed by atoms with Crippen LogP contribution in [0.2, 0.25) is 0 Å². The summed E-state index contributed by atoms with van der Waals surface area (Å²) in [6.45, 7) is 0. The first-order chi connectivity index (χ1) is 14.7. The number of hydrogen-bond acceptors (Lipinski definition) is 2. The predicted molar refractivity (Wildman–Crippen MR) is 123 cm³/mol. The van der Waals surface area contributed by atoms with Crippen LogP contribution in [0.5, 0.6) is 0 Å². The minimum Gasteiger partial charge on any atom is -0.369 e. The second kappa shape index (κ2) is 8.50. The lowest BCUT2D eigenvalue weighted by atomic mass is 9.98. The van der Waals surface area contributed by atoms with Crippen molar-refractivity contribution in [3.05, 3.63) is 96.6 Å². The highest BCUT2D eigenvalue weighted by molar-refractivity contribution is 5.92. The summed E-state index contributed by atoms with van der Waals surface area (Å²) in [5, 5.41) is 10.2. The third kappa shape index (κ3) is 3.61. The maximum Gasteiger partial charge on any atom is 0.158 e. The monoisotopic (exact) mass is 390 g/mol. The molecule has 0 atom stereocenters. The topological polar surface area (TPSA) is 44.3 Å². The van der Waals surface area contributed by atoms with E-state index in [0.29, 0.717) is 11.4 Å². The van der Waals surface area contributed by atoms with Crippen molar-refractivity contribution in [1.29, 1.82) is 5.26 Å². The average molecular weight is 390 g/mol. The molecule has 0 radical (unpaired) electrons. The van der Waals surface area contributed by atoms with Crippen LogP contribution < -0.4 is 0 Å². The van der Waals surface area contributed by atoms with Crippen molar-refractivity contribution in [3.8, 4) is 34.1 Å². The molecule has 0 aliphatic heterocycles. The second-order valence-corrected chi connectivity index (χ2v) is 7.15. The van der Waals surface area contributed by atoms with Crippen molar-refractivity contribution < 1.29 is 0 Å². The molecular formula is C26H22N4. The number of aliphatic imine (C=N–C) groups is 1. The smallest absolute Gasteiger partial charge is 0.158 e. The SMILES string of the molecule is CN(C)C=Nc1c(C#N)c(-c2ccccc2)c(-c2ccccc2)n1-c1ccccc1. The molecule has 0 amide bonds. The zero-order valence-corrected chi connectivity index (χ0v) is 17.0. The highest BCUT2D eigenvalue weighted by atomic mass is 15.2. The summed E-state index contributed by atoms with van der Waals surface area (Å²) in [5.41, 5.74) is 5.38. The molecule has 4 rings (SSSR count). The Hall–Kier alpha value is -4.10. The van der Waals surface area contributed by atoms with Crippen molar-refractivity contribution >= 4 is 12.2 Å². The van der Waals surface area contributed by atoms with E-state index < -0.39 is 0 Å². The van der Waals surface area contributed by atoms with Gasteiger partial charge in [0, 0.05) is 25.3 Å². The Labute approximate surface area is 177 Å². The Balaban J connectivity index is 2.16. The summed E-state index contributed by atoms with van der Waals surface area (Å²) in [6.07, 6.45) is 1.74. The van der Waals surface area contributed by atoms with Crippen molar-refractivity contribution in [2.45, 2.75) is 0 Å². The van der Waals surface area contributed by atoms with Gasteiger partial charge in [0.05, 0.1) is 12.0 Å². The van der Waals surface area contributed by atoms with Crippen LogP contribution in [-0.2, 0) is 0 Å². The lowest BCUT2D eigenvalue weighted by Gasteiger charge is -2.14. The Bertz CT molecular complexity index is 1200. The first-order valence-corrected chi connectivity index (χ1v) is 9.76. The van der Waals surface area contributed by atoms with E-state index in [2.05, 4.69) is 22.8 Å².